The molecule has 0 aliphatic carbocycles. The highest BCUT2D eigenvalue weighted by Gasteiger charge is 2.38. The Labute approximate surface area is 181 Å². The summed E-state index contributed by atoms with van der Waals surface area (Å²) in [6.45, 7) is 3.72. The Hall–Kier alpha value is -3.45. The molecule has 0 bridgehead atoms. The predicted octanol–water partition coefficient (Wildman–Crippen LogP) is 3.54. The minimum atomic E-state index is -1.33. The minimum absolute atomic E-state index is 0.187. The summed E-state index contributed by atoms with van der Waals surface area (Å²) in [5, 5.41) is 10.5. The molecule has 0 amide bonds. The molecule has 7 heteroatoms. The number of methoxy groups -OCH3 is 2. The van der Waals surface area contributed by atoms with Gasteiger partial charge in [-0.3, -0.25) is 0 Å². The van der Waals surface area contributed by atoms with Crippen molar-refractivity contribution in [3.8, 4) is 22.9 Å². The van der Waals surface area contributed by atoms with Gasteiger partial charge in [0.25, 0.3) is 0 Å². The van der Waals surface area contributed by atoms with E-state index < -0.39 is 17.5 Å². The molecule has 31 heavy (non-hydrogen) atoms. The monoisotopic (exact) mass is 422 g/mol. The van der Waals surface area contributed by atoms with Crippen molar-refractivity contribution in [3.63, 3.8) is 0 Å². The molecule has 1 N–H and O–H groups in total. The quantitative estimate of drug-likeness (QED) is 0.555. The first-order valence-corrected chi connectivity index (χ1v) is 9.82. The van der Waals surface area contributed by atoms with Crippen LogP contribution >= 0.6 is 0 Å². The van der Waals surface area contributed by atoms with Gasteiger partial charge in [0.2, 0.25) is 0 Å². The zero-order valence-electron chi connectivity index (χ0n) is 18.0. The molecule has 7 nitrogen and oxygen atoms in total. The SMILES string of the molecule is COC(=O)[C@H](O)C(C)(C)c1ccccc1OCc1ccnc(-c2ccccc2OC)n1. The van der Waals surface area contributed by atoms with Gasteiger partial charge < -0.3 is 19.3 Å². The lowest BCUT2D eigenvalue weighted by Gasteiger charge is -2.30. The Kier molecular flexibility index (Phi) is 6.87. The van der Waals surface area contributed by atoms with Gasteiger partial charge in [0.15, 0.2) is 11.9 Å². The molecule has 162 valence electrons. The molecule has 0 saturated heterocycles. The first-order chi connectivity index (χ1) is 14.9. The van der Waals surface area contributed by atoms with Gasteiger partial charge in [-0.15, -0.1) is 0 Å². The third kappa shape index (κ3) is 4.83. The molecule has 0 aliphatic heterocycles. The predicted molar refractivity (Wildman–Crippen MR) is 116 cm³/mol. The maximum atomic E-state index is 11.9. The fourth-order valence-electron chi connectivity index (χ4n) is 3.27. The van der Waals surface area contributed by atoms with Gasteiger partial charge in [-0.25, -0.2) is 14.8 Å². The van der Waals surface area contributed by atoms with Crippen molar-refractivity contribution in [1.82, 2.24) is 9.97 Å². The maximum Gasteiger partial charge on any atom is 0.335 e. The summed E-state index contributed by atoms with van der Waals surface area (Å²) in [6.07, 6.45) is 0.336. The summed E-state index contributed by atoms with van der Waals surface area (Å²) >= 11 is 0. The summed E-state index contributed by atoms with van der Waals surface area (Å²) in [5.74, 6) is 1.07. The van der Waals surface area contributed by atoms with E-state index in [9.17, 15) is 9.90 Å². The van der Waals surface area contributed by atoms with Crippen LogP contribution in [0.1, 0.15) is 25.1 Å². The molecule has 3 rings (SSSR count). The number of aliphatic hydroxyl groups is 1. The smallest absolute Gasteiger partial charge is 0.335 e. The van der Waals surface area contributed by atoms with E-state index in [4.69, 9.17) is 14.2 Å². The summed E-state index contributed by atoms with van der Waals surface area (Å²) in [5.41, 5.74) is 1.23. The first-order valence-electron chi connectivity index (χ1n) is 9.82. The van der Waals surface area contributed by atoms with Crippen molar-refractivity contribution in [2.75, 3.05) is 14.2 Å². The van der Waals surface area contributed by atoms with Crippen LogP contribution in [0.5, 0.6) is 11.5 Å². The molecular weight excluding hydrogens is 396 g/mol. The molecule has 0 unspecified atom stereocenters. The fourth-order valence-corrected chi connectivity index (χ4v) is 3.27. The molecule has 0 fully saturated rings. The zero-order chi connectivity index (χ0) is 22.4. The zero-order valence-corrected chi connectivity index (χ0v) is 18.0. The van der Waals surface area contributed by atoms with E-state index in [0.29, 0.717) is 28.6 Å². The van der Waals surface area contributed by atoms with Gasteiger partial charge in [0.1, 0.15) is 18.1 Å². The third-order valence-electron chi connectivity index (χ3n) is 5.13. The van der Waals surface area contributed by atoms with E-state index in [2.05, 4.69) is 9.97 Å². The van der Waals surface area contributed by atoms with Crippen LogP contribution in [0.2, 0.25) is 0 Å². The molecule has 0 aliphatic rings. The molecule has 1 heterocycles. The van der Waals surface area contributed by atoms with Crippen LogP contribution in [0.15, 0.2) is 60.8 Å². The number of rotatable bonds is 8. The van der Waals surface area contributed by atoms with Gasteiger partial charge >= 0.3 is 5.97 Å². The number of carbonyl (C=O) groups is 1. The lowest BCUT2D eigenvalue weighted by Crippen LogP contribution is -2.40. The Morgan fingerprint density at radius 3 is 2.42 bits per heavy atom. The molecule has 0 radical (unpaired) electrons. The molecule has 1 aromatic heterocycles. The summed E-state index contributed by atoms with van der Waals surface area (Å²) in [4.78, 5) is 20.9. The summed E-state index contributed by atoms with van der Waals surface area (Å²) in [7, 11) is 2.85. The number of para-hydroxylation sites is 2. The Balaban J connectivity index is 1.84. The molecule has 0 spiro atoms. The standard InChI is InChI=1S/C24H26N2O5/c1-24(2,21(27)23(28)30-4)18-10-6-8-12-20(18)31-15-16-13-14-25-22(26-16)17-9-5-7-11-19(17)29-3/h5-14,21,27H,15H2,1-4H3/t21-/m0/s1. The molecule has 0 saturated carbocycles. The Morgan fingerprint density at radius 2 is 1.71 bits per heavy atom. The van der Waals surface area contributed by atoms with Crippen LogP contribution in [-0.4, -0.2) is 41.4 Å². The maximum absolute atomic E-state index is 11.9. The van der Waals surface area contributed by atoms with Crippen LogP contribution in [0.3, 0.4) is 0 Å². The molecule has 2 aromatic carbocycles. The number of esters is 1. The Bertz CT molecular complexity index is 1050. The minimum Gasteiger partial charge on any atom is -0.496 e. The van der Waals surface area contributed by atoms with Crippen molar-refractivity contribution >= 4 is 5.97 Å². The lowest BCUT2D eigenvalue weighted by molar-refractivity contribution is -0.153. The van der Waals surface area contributed by atoms with Crippen LogP contribution in [0, 0.1) is 0 Å². The average Bonchev–Trinajstić information content (AvgIpc) is 2.82. The number of carbonyl (C=O) groups excluding carboxylic acids is 1. The van der Waals surface area contributed by atoms with Crippen molar-refractivity contribution in [1.29, 1.82) is 0 Å². The second-order valence-corrected chi connectivity index (χ2v) is 7.50. The van der Waals surface area contributed by atoms with E-state index in [1.54, 1.807) is 39.3 Å². The van der Waals surface area contributed by atoms with Crippen LogP contribution in [-0.2, 0) is 21.6 Å². The number of aliphatic hydroxyl groups excluding tert-OH is 1. The van der Waals surface area contributed by atoms with Gasteiger partial charge in [0.05, 0.1) is 25.5 Å². The number of hydrogen-bond donors (Lipinski definition) is 1. The highest BCUT2D eigenvalue weighted by molar-refractivity contribution is 5.76. The van der Waals surface area contributed by atoms with E-state index in [1.807, 2.05) is 42.5 Å². The fraction of sp³-hybridized carbons (Fsp3) is 0.292. The van der Waals surface area contributed by atoms with Crippen LogP contribution < -0.4 is 9.47 Å². The summed E-state index contributed by atoms with van der Waals surface area (Å²) < 4.78 is 16.1. The van der Waals surface area contributed by atoms with Crippen LogP contribution in [0.4, 0.5) is 0 Å². The lowest BCUT2D eigenvalue weighted by atomic mass is 9.79. The number of benzene rings is 2. The van der Waals surface area contributed by atoms with Crippen molar-refractivity contribution in [2.45, 2.75) is 32.0 Å². The van der Waals surface area contributed by atoms with Crippen molar-refractivity contribution < 1.29 is 24.1 Å². The van der Waals surface area contributed by atoms with E-state index in [0.717, 1.165) is 5.56 Å². The highest BCUT2D eigenvalue weighted by Crippen LogP contribution is 2.35. The molecule has 3 aromatic rings. The Morgan fingerprint density at radius 1 is 1.03 bits per heavy atom. The molecule has 1 atom stereocenters. The first kappa shape index (κ1) is 22.2. The van der Waals surface area contributed by atoms with Gasteiger partial charge in [0, 0.05) is 17.2 Å². The number of aromatic nitrogens is 2. The summed E-state index contributed by atoms with van der Waals surface area (Å²) in [6, 6.07) is 16.6. The number of nitrogens with zero attached hydrogens (tertiary/aromatic N) is 2. The number of hydrogen-bond acceptors (Lipinski definition) is 7. The molecular formula is C24H26N2O5. The van der Waals surface area contributed by atoms with Gasteiger partial charge in [-0.2, -0.15) is 0 Å². The normalized spacial score (nSPS) is 12.2. The number of ether oxygens (including phenoxy) is 3. The van der Waals surface area contributed by atoms with Crippen LogP contribution in [0.25, 0.3) is 11.4 Å². The average molecular weight is 422 g/mol. The second-order valence-electron chi connectivity index (χ2n) is 7.50. The highest BCUT2D eigenvalue weighted by atomic mass is 16.5. The van der Waals surface area contributed by atoms with E-state index in [1.165, 1.54) is 7.11 Å². The largest absolute Gasteiger partial charge is 0.496 e. The van der Waals surface area contributed by atoms with E-state index >= 15 is 0 Å². The van der Waals surface area contributed by atoms with Crippen molar-refractivity contribution in [3.05, 3.63) is 72.1 Å². The topological polar surface area (TPSA) is 90.8 Å². The van der Waals surface area contributed by atoms with Gasteiger partial charge in [-0.1, -0.05) is 44.2 Å². The third-order valence-corrected chi connectivity index (χ3v) is 5.13. The van der Waals surface area contributed by atoms with Gasteiger partial charge in [-0.05, 0) is 24.3 Å². The second kappa shape index (κ2) is 9.57. The van der Waals surface area contributed by atoms with E-state index in [-0.39, 0.29) is 6.61 Å². The van der Waals surface area contributed by atoms with Crippen molar-refractivity contribution in [2.24, 2.45) is 0 Å².